The van der Waals surface area contributed by atoms with Crippen LogP contribution in [-0.4, -0.2) is 26.2 Å². The summed E-state index contributed by atoms with van der Waals surface area (Å²) in [5.74, 6) is -0.0107. The number of ether oxygens (including phenoxy) is 1. The topological polar surface area (TPSA) is 64.3 Å². The summed E-state index contributed by atoms with van der Waals surface area (Å²) >= 11 is 1.45. The Morgan fingerprint density at radius 2 is 2.33 bits per heavy atom. The predicted molar refractivity (Wildman–Crippen MR) is 74.0 cm³/mol. The van der Waals surface area contributed by atoms with Crippen LogP contribution in [0.25, 0.3) is 0 Å². The molecule has 100 valence electrons. The van der Waals surface area contributed by atoms with Crippen LogP contribution in [-0.2, 0) is 4.74 Å². The van der Waals surface area contributed by atoms with E-state index in [1.54, 1.807) is 13.2 Å². The average Bonchev–Trinajstić information content (AvgIpc) is 3.05. The van der Waals surface area contributed by atoms with Crippen molar-refractivity contribution in [3.63, 3.8) is 0 Å². The van der Waals surface area contributed by atoms with E-state index in [9.17, 15) is 4.79 Å². The van der Waals surface area contributed by atoms with E-state index in [4.69, 9.17) is 10.5 Å². The van der Waals surface area contributed by atoms with E-state index in [1.165, 1.54) is 24.2 Å². The largest absolute Gasteiger partial charge is 0.398 e. The van der Waals surface area contributed by atoms with Gasteiger partial charge in [0, 0.05) is 30.8 Å². The van der Waals surface area contributed by atoms with Crippen LogP contribution in [0.1, 0.15) is 33.8 Å². The normalized spacial score (nSPS) is 16.6. The Hall–Kier alpha value is -1.07. The van der Waals surface area contributed by atoms with Gasteiger partial charge in [0.25, 0.3) is 5.91 Å². The first-order chi connectivity index (χ1) is 8.56. The zero-order valence-electron chi connectivity index (χ0n) is 10.9. The summed E-state index contributed by atoms with van der Waals surface area (Å²) in [5, 5.41) is 3.01. The fourth-order valence-electron chi connectivity index (χ4n) is 1.97. The second-order valence-corrected chi connectivity index (χ2v) is 6.30. The lowest BCUT2D eigenvalue weighted by atomic mass is 10.0. The van der Waals surface area contributed by atoms with E-state index in [2.05, 4.69) is 5.32 Å². The van der Waals surface area contributed by atoms with Gasteiger partial charge in [0.2, 0.25) is 0 Å². The first-order valence-corrected chi connectivity index (χ1v) is 7.01. The Morgan fingerprint density at radius 1 is 1.61 bits per heavy atom. The number of thiophene rings is 1. The Bertz CT molecular complexity index is 419. The number of methoxy groups -OCH3 is 1. The summed E-state index contributed by atoms with van der Waals surface area (Å²) in [6, 6.07) is 1.75. The number of nitrogen functional groups attached to an aromatic ring is 1. The molecule has 0 atom stereocenters. The van der Waals surface area contributed by atoms with Gasteiger partial charge in [-0.05, 0) is 37.7 Å². The van der Waals surface area contributed by atoms with Crippen LogP contribution in [0.15, 0.2) is 6.07 Å². The number of rotatable bonds is 6. The number of hydrogen-bond acceptors (Lipinski definition) is 4. The molecule has 1 aliphatic rings. The van der Waals surface area contributed by atoms with E-state index < -0.39 is 0 Å². The number of nitrogens with one attached hydrogen (secondary N) is 1. The number of carbonyl (C=O) groups excluding carboxylic acids is 1. The summed E-state index contributed by atoms with van der Waals surface area (Å²) in [4.78, 5) is 13.7. The minimum atomic E-state index is -0.0107. The number of amides is 1. The third-order valence-corrected chi connectivity index (χ3v) is 4.66. The smallest absolute Gasteiger partial charge is 0.261 e. The van der Waals surface area contributed by atoms with Crippen molar-refractivity contribution in [3.8, 4) is 0 Å². The van der Waals surface area contributed by atoms with Gasteiger partial charge in [-0.2, -0.15) is 0 Å². The molecule has 2 rings (SSSR count). The highest BCUT2D eigenvalue weighted by Crippen LogP contribution is 2.48. The van der Waals surface area contributed by atoms with E-state index in [0.29, 0.717) is 10.6 Å². The molecule has 4 nitrogen and oxygen atoms in total. The quantitative estimate of drug-likeness (QED) is 0.831. The highest BCUT2D eigenvalue weighted by Gasteiger charge is 2.42. The molecule has 18 heavy (non-hydrogen) atoms. The average molecular weight is 268 g/mol. The third-order valence-electron chi connectivity index (χ3n) is 3.60. The number of aryl methyl sites for hydroxylation is 1. The summed E-state index contributed by atoms with van der Waals surface area (Å²) in [5.41, 5.74) is 6.73. The van der Waals surface area contributed by atoms with Crippen molar-refractivity contribution in [1.82, 2.24) is 5.32 Å². The second-order valence-electron chi connectivity index (χ2n) is 5.05. The number of hydrogen-bond donors (Lipinski definition) is 2. The number of carbonyl (C=O) groups is 1. The molecule has 0 aromatic carbocycles. The summed E-state index contributed by atoms with van der Waals surface area (Å²) in [6.07, 6.45) is 3.39. The van der Waals surface area contributed by atoms with Crippen LogP contribution in [0.4, 0.5) is 5.69 Å². The highest BCUT2D eigenvalue weighted by atomic mass is 32.1. The molecule has 1 fully saturated rings. The van der Waals surface area contributed by atoms with Gasteiger partial charge in [-0.1, -0.05) is 0 Å². The van der Waals surface area contributed by atoms with Crippen LogP contribution in [0.5, 0.6) is 0 Å². The minimum Gasteiger partial charge on any atom is -0.398 e. The lowest BCUT2D eigenvalue weighted by molar-refractivity contribution is 0.0942. The first-order valence-electron chi connectivity index (χ1n) is 6.19. The standard InChI is InChI=1S/C13H20N2O2S/c1-9-10(14)7-11(18-9)12(16)15-8-13(3-4-13)5-6-17-2/h7H,3-6,8,14H2,1-2H3,(H,15,16). The van der Waals surface area contributed by atoms with Crippen molar-refractivity contribution in [2.45, 2.75) is 26.2 Å². The van der Waals surface area contributed by atoms with Gasteiger partial charge in [0.1, 0.15) is 0 Å². The Kier molecular flexibility index (Phi) is 3.92. The maximum atomic E-state index is 12.0. The molecule has 3 N–H and O–H groups in total. The molecule has 0 bridgehead atoms. The van der Waals surface area contributed by atoms with Crippen molar-refractivity contribution < 1.29 is 9.53 Å². The Morgan fingerprint density at radius 3 is 2.83 bits per heavy atom. The number of nitrogens with two attached hydrogens (primary N) is 1. The summed E-state index contributed by atoms with van der Waals surface area (Å²) < 4.78 is 5.10. The molecular formula is C13H20N2O2S. The van der Waals surface area contributed by atoms with Crippen molar-refractivity contribution >= 4 is 22.9 Å². The summed E-state index contributed by atoms with van der Waals surface area (Å²) in [6.45, 7) is 3.44. The van der Waals surface area contributed by atoms with Gasteiger partial charge in [0.05, 0.1) is 4.88 Å². The van der Waals surface area contributed by atoms with E-state index in [0.717, 1.165) is 24.4 Å². The highest BCUT2D eigenvalue weighted by molar-refractivity contribution is 7.14. The molecule has 1 aromatic rings. The molecule has 0 radical (unpaired) electrons. The zero-order valence-corrected chi connectivity index (χ0v) is 11.7. The van der Waals surface area contributed by atoms with Gasteiger partial charge in [-0.3, -0.25) is 4.79 Å². The van der Waals surface area contributed by atoms with Crippen molar-refractivity contribution in [3.05, 3.63) is 15.8 Å². The molecule has 1 aliphatic carbocycles. The number of anilines is 1. The van der Waals surface area contributed by atoms with Crippen molar-refractivity contribution in [1.29, 1.82) is 0 Å². The lowest BCUT2D eigenvalue weighted by Gasteiger charge is -2.14. The minimum absolute atomic E-state index is 0.0107. The lowest BCUT2D eigenvalue weighted by Crippen LogP contribution is -2.30. The molecule has 0 aliphatic heterocycles. The van der Waals surface area contributed by atoms with Crippen molar-refractivity contribution in [2.75, 3.05) is 26.0 Å². The maximum Gasteiger partial charge on any atom is 0.261 e. The molecule has 1 amide bonds. The molecule has 0 spiro atoms. The van der Waals surface area contributed by atoms with E-state index in [1.807, 2.05) is 6.92 Å². The van der Waals surface area contributed by atoms with Crippen LogP contribution in [0.2, 0.25) is 0 Å². The zero-order chi connectivity index (χ0) is 13.2. The molecule has 1 saturated carbocycles. The predicted octanol–water partition coefficient (Wildman–Crippen LogP) is 2.19. The molecule has 0 saturated heterocycles. The van der Waals surface area contributed by atoms with Crippen LogP contribution < -0.4 is 11.1 Å². The Labute approximate surface area is 112 Å². The van der Waals surface area contributed by atoms with Gasteiger partial charge in [-0.15, -0.1) is 11.3 Å². The third kappa shape index (κ3) is 3.03. The van der Waals surface area contributed by atoms with Gasteiger partial charge < -0.3 is 15.8 Å². The van der Waals surface area contributed by atoms with Crippen LogP contribution in [0, 0.1) is 12.3 Å². The van der Waals surface area contributed by atoms with Gasteiger partial charge in [0.15, 0.2) is 0 Å². The molecule has 1 aromatic heterocycles. The molecule has 5 heteroatoms. The van der Waals surface area contributed by atoms with Crippen LogP contribution >= 0.6 is 11.3 Å². The van der Waals surface area contributed by atoms with E-state index in [-0.39, 0.29) is 11.3 Å². The van der Waals surface area contributed by atoms with Gasteiger partial charge >= 0.3 is 0 Å². The Balaban J connectivity index is 1.85. The molecule has 0 unspecified atom stereocenters. The van der Waals surface area contributed by atoms with E-state index >= 15 is 0 Å². The maximum absolute atomic E-state index is 12.0. The first kappa shape index (κ1) is 13.4. The van der Waals surface area contributed by atoms with Gasteiger partial charge in [-0.25, -0.2) is 0 Å². The molecular weight excluding hydrogens is 248 g/mol. The summed E-state index contributed by atoms with van der Waals surface area (Å²) in [7, 11) is 1.71. The molecule has 1 heterocycles. The monoisotopic (exact) mass is 268 g/mol. The second kappa shape index (κ2) is 5.28. The van der Waals surface area contributed by atoms with Crippen LogP contribution in [0.3, 0.4) is 0 Å². The van der Waals surface area contributed by atoms with Crippen molar-refractivity contribution in [2.24, 2.45) is 5.41 Å². The fourth-order valence-corrected chi connectivity index (χ4v) is 2.83. The SMILES string of the molecule is COCCC1(CNC(=O)c2cc(N)c(C)s2)CC1. The fraction of sp³-hybridized carbons (Fsp3) is 0.615.